The van der Waals surface area contributed by atoms with Gasteiger partial charge >= 0.3 is 5.97 Å². The monoisotopic (exact) mass is 196 g/mol. The van der Waals surface area contributed by atoms with Gasteiger partial charge in [-0.3, -0.25) is 4.79 Å². The predicted octanol–water partition coefficient (Wildman–Crippen LogP) is 2.93. The Morgan fingerprint density at radius 2 is 2.62 bits per heavy atom. The maximum absolute atomic E-state index is 10.8. The van der Waals surface area contributed by atoms with Crippen molar-refractivity contribution >= 4 is 17.3 Å². The highest BCUT2D eigenvalue weighted by Gasteiger charge is 2.13. The molecule has 0 aliphatic heterocycles. The average molecular weight is 196 g/mol. The van der Waals surface area contributed by atoms with Crippen LogP contribution in [-0.2, 0) is 9.53 Å². The predicted molar refractivity (Wildman–Crippen MR) is 53.6 cm³/mol. The second kappa shape index (κ2) is 4.82. The number of carbonyl (C=O) groups is 1. The molecule has 70 valence electrons. The van der Waals surface area contributed by atoms with Gasteiger partial charge in [-0.05, 0) is 11.4 Å². The zero-order valence-electron chi connectivity index (χ0n) is 7.53. The number of carbonyl (C=O) groups excluding carboxylic acids is 1. The normalized spacial score (nSPS) is 12.1. The first-order chi connectivity index (χ1) is 6.24. The Morgan fingerprint density at radius 1 is 1.85 bits per heavy atom. The van der Waals surface area contributed by atoms with Crippen molar-refractivity contribution in [2.24, 2.45) is 0 Å². The molecule has 3 heteroatoms. The fraction of sp³-hybridized carbons (Fsp3) is 0.300. The molecule has 0 aliphatic rings. The van der Waals surface area contributed by atoms with E-state index in [2.05, 4.69) is 6.58 Å². The van der Waals surface area contributed by atoms with Crippen molar-refractivity contribution in [3.05, 3.63) is 35.0 Å². The summed E-state index contributed by atoms with van der Waals surface area (Å²) in [5, 5.41) is 1.97. The summed E-state index contributed by atoms with van der Waals surface area (Å²) in [6.07, 6.45) is 2.27. The molecule has 0 aromatic carbocycles. The second-order valence-electron chi connectivity index (χ2n) is 2.64. The highest BCUT2D eigenvalue weighted by Crippen LogP contribution is 2.25. The van der Waals surface area contributed by atoms with Gasteiger partial charge in [-0.15, -0.1) is 17.9 Å². The first-order valence-corrected chi connectivity index (χ1v) is 4.93. The third kappa shape index (κ3) is 3.03. The van der Waals surface area contributed by atoms with Gasteiger partial charge in [0.1, 0.15) is 6.10 Å². The van der Waals surface area contributed by atoms with Crippen LogP contribution in [0.5, 0.6) is 0 Å². The molecule has 1 aromatic rings. The third-order valence-electron chi connectivity index (χ3n) is 1.55. The molecular formula is C10H12O2S. The van der Waals surface area contributed by atoms with Crippen LogP contribution in [0.1, 0.15) is 24.3 Å². The molecule has 0 saturated heterocycles. The molecule has 1 aromatic heterocycles. The summed E-state index contributed by atoms with van der Waals surface area (Å²) in [6.45, 7) is 5.05. The Morgan fingerprint density at radius 3 is 3.08 bits per heavy atom. The van der Waals surface area contributed by atoms with E-state index in [1.54, 1.807) is 17.4 Å². The molecule has 0 unspecified atom stereocenters. The molecule has 1 atom stereocenters. The van der Waals surface area contributed by atoms with Crippen molar-refractivity contribution in [3.63, 3.8) is 0 Å². The number of rotatable bonds is 4. The summed E-state index contributed by atoms with van der Waals surface area (Å²) in [4.78, 5) is 11.8. The van der Waals surface area contributed by atoms with E-state index >= 15 is 0 Å². The first-order valence-electron chi connectivity index (χ1n) is 4.05. The molecule has 13 heavy (non-hydrogen) atoms. The topological polar surface area (TPSA) is 26.3 Å². The lowest BCUT2D eigenvalue weighted by Crippen LogP contribution is -2.06. The van der Waals surface area contributed by atoms with Crippen LogP contribution < -0.4 is 0 Å². The molecule has 0 radical (unpaired) electrons. The fourth-order valence-electron chi connectivity index (χ4n) is 1.05. The maximum atomic E-state index is 10.8. The summed E-state index contributed by atoms with van der Waals surface area (Å²) in [5.41, 5.74) is 0. The van der Waals surface area contributed by atoms with E-state index in [9.17, 15) is 4.79 Å². The highest BCUT2D eigenvalue weighted by molar-refractivity contribution is 7.10. The Hall–Kier alpha value is -1.09. The number of thiophene rings is 1. The van der Waals surface area contributed by atoms with Crippen LogP contribution >= 0.6 is 11.3 Å². The molecule has 0 N–H and O–H groups in total. The molecule has 0 fully saturated rings. The Balaban J connectivity index is 2.67. The van der Waals surface area contributed by atoms with Crippen LogP contribution in [0, 0.1) is 0 Å². The molecular weight excluding hydrogens is 184 g/mol. The van der Waals surface area contributed by atoms with Gasteiger partial charge in [0.05, 0.1) is 0 Å². The lowest BCUT2D eigenvalue weighted by atomic mass is 10.2. The van der Waals surface area contributed by atoms with Crippen molar-refractivity contribution in [1.82, 2.24) is 0 Å². The largest absolute Gasteiger partial charge is 0.456 e. The number of ether oxygens (including phenoxy) is 1. The maximum Gasteiger partial charge on any atom is 0.303 e. The minimum Gasteiger partial charge on any atom is -0.456 e. The lowest BCUT2D eigenvalue weighted by molar-refractivity contribution is -0.146. The number of hydrogen-bond acceptors (Lipinski definition) is 3. The Bertz CT molecular complexity index is 277. The number of esters is 1. The lowest BCUT2D eigenvalue weighted by Gasteiger charge is -2.12. The van der Waals surface area contributed by atoms with Crippen LogP contribution in [0.25, 0.3) is 0 Å². The zero-order valence-corrected chi connectivity index (χ0v) is 8.34. The van der Waals surface area contributed by atoms with Gasteiger partial charge in [0.15, 0.2) is 0 Å². The molecule has 0 aliphatic carbocycles. The summed E-state index contributed by atoms with van der Waals surface area (Å²) in [6, 6.07) is 3.90. The fourth-order valence-corrected chi connectivity index (χ4v) is 1.82. The van der Waals surface area contributed by atoms with E-state index < -0.39 is 0 Å². The van der Waals surface area contributed by atoms with E-state index in [1.165, 1.54) is 6.92 Å². The minimum atomic E-state index is -0.250. The molecule has 0 amide bonds. The second-order valence-corrected chi connectivity index (χ2v) is 3.62. The van der Waals surface area contributed by atoms with E-state index in [4.69, 9.17) is 4.74 Å². The van der Waals surface area contributed by atoms with E-state index in [1.807, 2.05) is 17.5 Å². The molecule has 1 rings (SSSR count). The van der Waals surface area contributed by atoms with Crippen LogP contribution in [0.3, 0.4) is 0 Å². The summed E-state index contributed by atoms with van der Waals surface area (Å²) in [5.74, 6) is -0.250. The van der Waals surface area contributed by atoms with Gasteiger partial charge < -0.3 is 4.74 Å². The van der Waals surface area contributed by atoms with Crippen molar-refractivity contribution < 1.29 is 9.53 Å². The Kier molecular flexibility index (Phi) is 3.71. The van der Waals surface area contributed by atoms with E-state index in [0.717, 1.165) is 4.88 Å². The summed E-state index contributed by atoms with van der Waals surface area (Å²) in [7, 11) is 0. The van der Waals surface area contributed by atoms with Gasteiger partial charge in [0, 0.05) is 18.2 Å². The minimum absolute atomic E-state index is 0.157. The van der Waals surface area contributed by atoms with Gasteiger partial charge in [-0.1, -0.05) is 12.1 Å². The van der Waals surface area contributed by atoms with Crippen LogP contribution in [0.15, 0.2) is 30.2 Å². The van der Waals surface area contributed by atoms with Gasteiger partial charge in [0.25, 0.3) is 0 Å². The van der Waals surface area contributed by atoms with Crippen LogP contribution in [-0.4, -0.2) is 5.97 Å². The van der Waals surface area contributed by atoms with Gasteiger partial charge in [-0.25, -0.2) is 0 Å². The quantitative estimate of drug-likeness (QED) is 0.546. The molecule has 0 bridgehead atoms. The van der Waals surface area contributed by atoms with E-state index in [-0.39, 0.29) is 12.1 Å². The molecule has 0 saturated carbocycles. The summed E-state index contributed by atoms with van der Waals surface area (Å²) < 4.78 is 5.14. The summed E-state index contributed by atoms with van der Waals surface area (Å²) >= 11 is 1.59. The first kappa shape index (κ1) is 9.99. The SMILES string of the molecule is C=CC[C@H](OC(C)=O)c1cccs1. The van der Waals surface area contributed by atoms with Gasteiger partial charge in [0.2, 0.25) is 0 Å². The standard InChI is InChI=1S/C10H12O2S/c1-3-5-9(12-8(2)11)10-6-4-7-13-10/h3-4,6-7,9H,1,5H2,2H3/t9-/m0/s1. The highest BCUT2D eigenvalue weighted by atomic mass is 32.1. The molecule has 1 heterocycles. The van der Waals surface area contributed by atoms with Crippen molar-refractivity contribution in [3.8, 4) is 0 Å². The third-order valence-corrected chi connectivity index (χ3v) is 2.51. The van der Waals surface area contributed by atoms with Crippen molar-refractivity contribution in [2.45, 2.75) is 19.4 Å². The smallest absolute Gasteiger partial charge is 0.303 e. The van der Waals surface area contributed by atoms with Crippen molar-refractivity contribution in [1.29, 1.82) is 0 Å². The molecule has 2 nitrogen and oxygen atoms in total. The van der Waals surface area contributed by atoms with Gasteiger partial charge in [-0.2, -0.15) is 0 Å². The average Bonchev–Trinajstić information content (AvgIpc) is 2.54. The van der Waals surface area contributed by atoms with Crippen LogP contribution in [0.4, 0.5) is 0 Å². The van der Waals surface area contributed by atoms with E-state index in [0.29, 0.717) is 6.42 Å². The molecule has 0 spiro atoms. The Labute approximate surface area is 81.8 Å². The zero-order chi connectivity index (χ0) is 9.68. The number of hydrogen-bond donors (Lipinski definition) is 0. The van der Waals surface area contributed by atoms with Crippen molar-refractivity contribution in [2.75, 3.05) is 0 Å². The van der Waals surface area contributed by atoms with Crippen LogP contribution in [0.2, 0.25) is 0 Å².